The van der Waals surface area contributed by atoms with Crippen LogP contribution in [0.15, 0.2) is 80.9 Å². The summed E-state index contributed by atoms with van der Waals surface area (Å²) >= 11 is 9.63. The van der Waals surface area contributed by atoms with Crippen LogP contribution in [-0.2, 0) is 6.61 Å². The Morgan fingerprint density at radius 1 is 1.15 bits per heavy atom. The van der Waals surface area contributed by atoms with E-state index in [-0.39, 0.29) is 17.3 Å². The first-order valence-electron chi connectivity index (χ1n) is 12.2. The van der Waals surface area contributed by atoms with Gasteiger partial charge in [-0.2, -0.15) is 9.78 Å². The Kier molecular flexibility index (Phi) is 8.56. The van der Waals surface area contributed by atoms with Crippen LogP contribution >= 0.6 is 27.5 Å². The number of benzene rings is 3. The third-order valence-electron chi connectivity index (χ3n) is 5.61. The highest BCUT2D eigenvalue weighted by Crippen LogP contribution is 2.37. The molecule has 5 rings (SSSR count). The summed E-state index contributed by atoms with van der Waals surface area (Å²) in [5.41, 5.74) is 10.9. The monoisotopic (exact) mass is 636 g/mol. The van der Waals surface area contributed by atoms with Crippen LogP contribution in [0.4, 0.5) is 5.82 Å². The molecule has 12 nitrogen and oxygen atoms in total. The van der Waals surface area contributed by atoms with Crippen molar-refractivity contribution in [3.8, 4) is 28.6 Å². The topological polar surface area (TPSA) is 156 Å². The fraction of sp³-hybridized carbons (Fsp3) is 0.111. The van der Waals surface area contributed by atoms with E-state index in [1.165, 1.54) is 10.9 Å². The number of ether oxygens (including phenoxy) is 2. The molecular weight excluding hydrogens is 616 g/mol. The van der Waals surface area contributed by atoms with Crippen LogP contribution < -0.4 is 20.6 Å². The molecule has 0 bridgehead atoms. The number of nitrogens with one attached hydrogen (secondary N) is 1. The Morgan fingerprint density at radius 2 is 1.98 bits per heavy atom. The average Bonchev–Trinajstić information content (AvgIpc) is 3.59. The van der Waals surface area contributed by atoms with E-state index in [0.29, 0.717) is 51.0 Å². The van der Waals surface area contributed by atoms with Gasteiger partial charge in [-0.05, 0) is 68.6 Å². The molecule has 0 atom stereocenters. The summed E-state index contributed by atoms with van der Waals surface area (Å²) in [5, 5.41) is 20.2. The molecule has 2 heterocycles. The summed E-state index contributed by atoms with van der Waals surface area (Å²) < 4.78 is 18.5. The minimum atomic E-state index is -0.605. The Labute approximate surface area is 247 Å². The molecule has 0 spiro atoms. The van der Waals surface area contributed by atoms with E-state index < -0.39 is 5.91 Å². The van der Waals surface area contributed by atoms with Gasteiger partial charge in [-0.3, -0.25) is 4.79 Å². The maximum Gasteiger partial charge on any atom is 0.294 e. The number of halogens is 2. The molecule has 0 saturated carbocycles. The number of carbonyl (C=O) groups excluding carboxylic acids is 1. The first-order chi connectivity index (χ1) is 19.9. The Morgan fingerprint density at radius 3 is 2.71 bits per heavy atom. The highest BCUT2D eigenvalue weighted by molar-refractivity contribution is 9.10. The van der Waals surface area contributed by atoms with E-state index in [1.807, 2.05) is 43.3 Å². The molecule has 0 aliphatic carbocycles. The Bertz CT molecular complexity index is 1710. The number of nitrogen functional groups attached to an aromatic ring is 1. The lowest BCUT2D eigenvalue weighted by Gasteiger charge is -2.15. The summed E-state index contributed by atoms with van der Waals surface area (Å²) in [5.74, 6) is 0.521. The van der Waals surface area contributed by atoms with E-state index >= 15 is 0 Å². The summed E-state index contributed by atoms with van der Waals surface area (Å²) in [6.07, 6.45) is 1.47. The number of nitrogens with two attached hydrogens (primary N) is 1. The lowest BCUT2D eigenvalue weighted by Crippen LogP contribution is -2.19. The Balaban J connectivity index is 1.36. The molecular formula is C27H22BrClN8O4. The second-order valence-electron chi connectivity index (χ2n) is 8.42. The van der Waals surface area contributed by atoms with Crippen molar-refractivity contribution in [2.75, 3.05) is 12.3 Å². The van der Waals surface area contributed by atoms with Gasteiger partial charge in [-0.25, -0.2) is 10.1 Å². The fourth-order valence-electron chi connectivity index (χ4n) is 3.84. The average molecular weight is 638 g/mol. The van der Waals surface area contributed by atoms with Gasteiger partial charge in [0, 0.05) is 10.6 Å². The van der Waals surface area contributed by atoms with Crippen molar-refractivity contribution >= 4 is 45.5 Å². The molecule has 2 aromatic heterocycles. The van der Waals surface area contributed by atoms with Crippen LogP contribution in [0.1, 0.15) is 28.5 Å². The summed E-state index contributed by atoms with van der Waals surface area (Å²) in [7, 11) is 0. The predicted molar refractivity (Wildman–Crippen MR) is 155 cm³/mol. The SMILES string of the molecule is CCOc1cc(C=NNC(=O)c2nnn(-c3nonc3N)c2-c2ccccc2)cc(Br)c1OCc1cccc(Cl)c1. The molecule has 0 fully saturated rings. The number of rotatable bonds is 10. The number of carbonyl (C=O) groups is 1. The largest absolute Gasteiger partial charge is 0.490 e. The standard InChI is InChI=1S/C27H22BrClN8O4/c1-2-39-21-13-17(12-20(28)24(21)40-15-16-7-6-10-19(29)11-16)14-31-33-27(38)22-23(18-8-4-3-5-9-18)37(36-32-22)26-25(30)34-41-35-26/h3-14H,2,15H2,1H3,(H2,30,34)(H,33,38). The maximum atomic E-state index is 13.1. The number of hydrogen-bond acceptors (Lipinski definition) is 10. The van der Waals surface area contributed by atoms with Crippen LogP contribution in [0.3, 0.4) is 0 Å². The number of hydrogen-bond donors (Lipinski definition) is 2. The number of hydrazone groups is 1. The third kappa shape index (κ3) is 6.36. The van der Waals surface area contributed by atoms with E-state index in [0.717, 1.165) is 5.56 Å². The van der Waals surface area contributed by atoms with Gasteiger partial charge in [0.25, 0.3) is 5.91 Å². The van der Waals surface area contributed by atoms with Crippen molar-refractivity contribution in [1.29, 1.82) is 0 Å². The van der Waals surface area contributed by atoms with Crippen molar-refractivity contribution in [3.63, 3.8) is 0 Å². The van der Waals surface area contributed by atoms with Crippen molar-refractivity contribution in [2.24, 2.45) is 5.10 Å². The fourth-order valence-corrected chi connectivity index (χ4v) is 4.63. The van der Waals surface area contributed by atoms with Crippen LogP contribution in [0, 0.1) is 0 Å². The molecule has 41 heavy (non-hydrogen) atoms. The molecule has 3 aromatic carbocycles. The van der Waals surface area contributed by atoms with Gasteiger partial charge in [0.05, 0.1) is 17.3 Å². The van der Waals surface area contributed by atoms with Gasteiger partial charge < -0.3 is 15.2 Å². The quantitative estimate of drug-likeness (QED) is 0.158. The van der Waals surface area contributed by atoms with Crippen molar-refractivity contribution in [3.05, 3.63) is 93.0 Å². The lowest BCUT2D eigenvalue weighted by atomic mass is 10.1. The molecule has 5 aromatic rings. The van der Waals surface area contributed by atoms with Crippen LogP contribution in [-0.4, -0.2) is 44.0 Å². The van der Waals surface area contributed by atoms with E-state index in [4.69, 9.17) is 31.4 Å². The molecule has 0 aliphatic heterocycles. The summed E-state index contributed by atoms with van der Waals surface area (Å²) in [4.78, 5) is 13.1. The second kappa shape index (κ2) is 12.6. The van der Waals surface area contributed by atoms with Crippen LogP contribution in [0.2, 0.25) is 5.02 Å². The number of nitrogens with zero attached hydrogens (tertiary/aromatic N) is 6. The zero-order valence-electron chi connectivity index (χ0n) is 21.5. The van der Waals surface area contributed by atoms with Gasteiger partial charge in [-0.1, -0.05) is 59.3 Å². The van der Waals surface area contributed by atoms with Gasteiger partial charge in [-0.15, -0.1) is 5.10 Å². The Hall–Kier alpha value is -4.75. The minimum absolute atomic E-state index is 0.00306. The summed E-state index contributed by atoms with van der Waals surface area (Å²) in [6.45, 7) is 2.58. The molecule has 0 radical (unpaired) electrons. The molecule has 0 aliphatic rings. The highest BCUT2D eigenvalue weighted by Gasteiger charge is 2.25. The second-order valence-corrected chi connectivity index (χ2v) is 9.71. The van der Waals surface area contributed by atoms with Crippen molar-refractivity contribution < 1.29 is 18.9 Å². The molecule has 1 amide bonds. The number of anilines is 1. The van der Waals surface area contributed by atoms with E-state index in [9.17, 15) is 4.79 Å². The maximum absolute atomic E-state index is 13.1. The zero-order chi connectivity index (χ0) is 28.8. The number of aromatic nitrogens is 5. The van der Waals surface area contributed by atoms with Crippen molar-refractivity contribution in [2.45, 2.75) is 13.5 Å². The van der Waals surface area contributed by atoms with Crippen LogP contribution in [0.25, 0.3) is 17.1 Å². The first-order valence-corrected chi connectivity index (χ1v) is 13.4. The highest BCUT2D eigenvalue weighted by atomic mass is 79.9. The first kappa shape index (κ1) is 27.8. The van der Waals surface area contributed by atoms with Crippen LogP contribution in [0.5, 0.6) is 11.5 Å². The number of amides is 1. The van der Waals surface area contributed by atoms with Crippen molar-refractivity contribution in [1.82, 2.24) is 30.7 Å². The third-order valence-corrected chi connectivity index (χ3v) is 6.44. The smallest absolute Gasteiger partial charge is 0.294 e. The van der Waals surface area contributed by atoms with Gasteiger partial charge >= 0.3 is 0 Å². The van der Waals surface area contributed by atoms with Gasteiger partial charge in [0.1, 0.15) is 12.3 Å². The zero-order valence-corrected chi connectivity index (χ0v) is 23.8. The van der Waals surface area contributed by atoms with E-state index in [1.54, 1.807) is 30.3 Å². The van der Waals surface area contributed by atoms with E-state index in [2.05, 4.69) is 47.1 Å². The van der Waals surface area contributed by atoms with Gasteiger partial charge in [0.2, 0.25) is 11.6 Å². The molecule has 0 saturated heterocycles. The lowest BCUT2D eigenvalue weighted by molar-refractivity contribution is 0.0950. The predicted octanol–water partition coefficient (Wildman–Crippen LogP) is 5.06. The molecule has 3 N–H and O–H groups in total. The summed E-state index contributed by atoms with van der Waals surface area (Å²) in [6, 6.07) is 20.0. The van der Waals surface area contributed by atoms with Gasteiger partial charge in [0.15, 0.2) is 17.2 Å². The molecule has 208 valence electrons. The molecule has 14 heteroatoms. The normalized spacial score (nSPS) is 11.1. The molecule has 0 unspecified atom stereocenters. The minimum Gasteiger partial charge on any atom is -0.490 e.